The van der Waals surface area contributed by atoms with Gasteiger partial charge in [0.1, 0.15) is 4.90 Å². The van der Waals surface area contributed by atoms with Crippen molar-refractivity contribution in [2.75, 3.05) is 7.11 Å². The van der Waals surface area contributed by atoms with E-state index in [1.54, 1.807) is 35.2 Å². The van der Waals surface area contributed by atoms with Crippen LogP contribution in [0.5, 0.6) is 11.5 Å². The van der Waals surface area contributed by atoms with Gasteiger partial charge in [-0.1, -0.05) is 42.8 Å². The molecule has 0 aliphatic rings. The van der Waals surface area contributed by atoms with E-state index in [0.29, 0.717) is 28.6 Å². The van der Waals surface area contributed by atoms with Gasteiger partial charge in [-0.25, -0.2) is 0 Å². The molecular formula is C26H25ClF3NO5S. The highest BCUT2D eigenvalue weighted by atomic mass is 35.5. The third-order valence-electron chi connectivity index (χ3n) is 5.72. The maximum Gasteiger partial charge on any atom is 0.416 e. The van der Waals surface area contributed by atoms with Crippen LogP contribution >= 0.6 is 11.6 Å². The lowest BCUT2D eigenvalue weighted by molar-refractivity contribution is -0.137. The number of halogens is 4. The number of benzene rings is 3. The molecule has 6 nitrogen and oxygen atoms in total. The number of alkyl halides is 3. The Morgan fingerprint density at radius 2 is 1.73 bits per heavy atom. The largest absolute Gasteiger partial charge is 0.493 e. The highest BCUT2D eigenvalue weighted by Gasteiger charge is 2.32. The Hall–Kier alpha value is -3.24. The topological polar surface area (TPSA) is 72.9 Å². The Kier molecular flexibility index (Phi) is 8.76. The highest BCUT2D eigenvalue weighted by molar-refractivity contribution is 7.87. The number of hydrogen-bond donors (Lipinski definition) is 0. The van der Waals surface area contributed by atoms with Gasteiger partial charge >= 0.3 is 16.3 Å². The normalized spacial score (nSPS) is 12.6. The van der Waals surface area contributed by atoms with Crippen LogP contribution in [-0.2, 0) is 22.8 Å². The van der Waals surface area contributed by atoms with Crippen LogP contribution in [-0.4, -0.2) is 32.4 Å². The number of methoxy groups -OCH3 is 1. The molecule has 0 radical (unpaired) electrons. The average Bonchev–Trinajstić information content (AvgIpc) is 2.86. The van der Waals surface area contributed by atoms with Crippen LogP contribution in [0.1, 0.15) is 41.8 Å². The van der Waals surface area contributed by atoms with Crippen molar-refractivity contribution in [2.45, 2.75) is 43.9 Å². The predicted molar refractivity (Wildman–Crippen MR) is 133 cm³/mol. The summed E-state index contributed by atoms with van der Waals surface area (Å²) in [6.07, 6.45) is -4.09. The second kappa shape index (κ2) is 11.4. The van der Waals surface area contributed by atoms with Crippen molar-refractivity contribution >= 4 is 27.6 Å². The van der Waals surface area contributed by atoms with Crippen molar-refractivity contribution < 1.29 is 35.3 Å². The first-order valence-corrected chi connectivity index (χ1v) is 13.0. The summed E-state index contributed by atoms with van der Waals surface area (Å²) in [6, 6.07) is 14.2. The van der Waals surface area contributed by atoms with Crippen molar-refractivity contribution in [3.63, 3.8) is 0 Å². The highest BCUT2D eigenvalue weighted by Crippen LogP contribution is 2.34. The molecular weight excluding hydrogens is 531 g/mol. The van der Waals surface area contributed by atoms with Crippen LogP contribution in [0.4, 0.5) is 13.2 Å². The number of amides is 1. The van der Waals surface area contributed by atoms with Crippen LogP contribution in [0, 0.1) is 0 Å². The molecule has 0 fully saturated rings. The van der Waals surface area contributed by atoms with Gasteiger partial charge in [0.15, 0.2) is 11.5 Å². The van der Waals surface area contributed by atoms with Crippen LogP contribution in [0.2, 0.25) is 5.02 Å². The van der Waals surface area contributed by atoms with Crippen LogP contribution in [0.25, 0.3) is 0 Å². The van der Waals surface area contributed by atoms with Crippen LogP contribution in [0.15, 0.2) is 71.6 Å². The predicted octanol–water partition coefficient (Wildman–Crippen LogP) is 6.58. The van der Waals surface area contributed by atoms with E-state index in [1.165, 1.54) is 19.2 Å². The summed E-state index contributed by atoms with van der Waals surface area (Å²) < 4.78 is 75.4. The van der Waals surface area contributed by atoms with E-state index in [2.05, 4.69) is 0 Å². The lowest BCUT2D eigenvalue weighted by Crippen LogP contribution is -2.38. The third-order valence-corrected chi connectivity index (χ3v) is 7.28. The monoisotopic (exact) mass is 555 g/mol. The maximum absolute atomic E-state index is 13.3. The quantitative estimate of drug-likeness (QED) is 0.279. The van der Waals surface area contributed by atoms with Gasteiger partial charge in [-0.05, 0) is 61.4 Å². The molecule has 0 aliphatic heterocycles. The van der Waals surface area contributed by atoms with E-state index in [0.717, 1.165) is 18.2 Å². The van der Waals surface area contributed by atoms with Gasteiger partial charge in [0.25, 0.3) is 5.91 Å². The molecule has 3 aromatic carbocycles. The zero-order valence-electron chi connectivity index (χ0n) is 20.3. The maximum atomic E-state index is 13.3. The summed E-state index contributed by atoms with van der Waals surface area (Å²) in [5.74, 6) is -0.492. The first kappa shape index (κ1) is 28.3. The molecule has 1 amide bonds. The zero-order valence-corrected chi connectivity index (χ0v) is 21.8. The molecule has 0 aromatic heterocycles. The van der Waals surface area contributed by atoms with Gasteiger partial charge in [-0.15, -0.1) is 0 Å². The summed E-state index contributed by atoms with van der Waals surface area (Å²) in [6.45, 7) is 3.87. The zero-order chi connectivity index (χ0) is 27.4. The Balaban J connectivity index is 1.95. The Morgan fingerprint density at radius 1 is 1.03 bits per heavy atom. The first-order valence-electron chi connectivity index (χ1n) is 11.2. The molecule has 37 heavy (non-hydrogen) atoms. The molecule has 0 saturated heterocycles. The standard InChI is InChI=1S/C26H25ClF3NO5S/c1-4-17(2)31(25(32)21-10-5-6-11-22(21)27)16-18-12-13-23(35-3)24(14-18)36-37(33,34)20-9-7-8-19(15-20)26(28,29)30/h5-15,17H,4,16H2,1-3H3. The molecule has 0 saturated carbocycles. The van der Waals surface area contributed by atoms with Crippen molar-refractivity contribution in [2.24, 2.45) is 0 Å². The minimum absolute atomic E-state index is 0.0480. The fourth-order valence-electron chi connectivity index (χ4n) is 3.51. The van der Waals surface area contributed by atoms with Crippen molar-refractivity contribution in [1.82, 2.24) is 4.90 Å². The Labute approximate surface area is 218 Å². The minimum Gasteiger partial charge on any atom is -0.493 e. The molecule has 198 valence electrons. The van der Waals surface area contributed by atoms with Crippen LogP contribution in [0.3, 0.4) is 0 Å². The van der Waals surface area contributed by atoms with E-state index in [9.17, 15) is 26.4 Å². The van der Waals surface area contributed by atoms with Gasteiger partial charge < -0.3 is 13.8 Å². The van der Waals surface area contributed by atoms with Crippen molar-refractivity contribution in [1.29, 1.82) is 0 Å². The summed E-state index contributed by atoms with van der Waals surface area (Å²) >= 11 is 6.23. The molecule has 1 unspecified atom stereocenters. The molecule has 0 N–H and O–H groups in total. The van der Waals surface area contributed by atoms with Gasteiger partial charge in [-0.2, -0.15) is 21.6 Å². The summed E-state index contributed by atoms with van der Waals surface area (Å²) in [4.78, 5) is 14.2. The van der Waals surface area contributed by atoms with E-state index in [-0.39, 0.29) is 30.0 Å². The fraction of sp³-hybridized carbons (Fsp3) is 0.269. The molecule has 0 heterocycles. The molecule has 11 heteroatoms. The first-order chi connectivity index (χ1) is 17.4. The van der Waals surface area contributed by atoms with E-state index < -0.39 is 26.8 Å². The number of nitrogens with zero attached hydrogens (tertiary/aromatic N) is 1. The van der Waals surface area contributed by atoms with Gasteiger partial charge in [0.2, 0.25) is 0 Å². The number of rotatable bonds is 9. The molecule has 0 bridgehead atoms. The van der Waals surface area contributed by atoms with E-state index in [4.69, 9.17) is 20.5 Å². The second-order valence-corrected chi connectivity index (χ2v) is 10.2. The fourth-order valence-corrected chi connectivity index (χ4v) is 4.71. The smallest absolute Gasteiger partial charge is 0.416 e. The summed E-state index contributed by atoms with van der Waals surface area (Å²) in [7, 11) is -3.34. The number of ether oxygens (including phenoxy) is 1. The number of hydrogen-bond acceptors (Lipinski definition) is 5. The van der Waals surface area contributed by atoms with Gasteiger partial charge in [0, 0.05) is 12.6 Å². The average molecular weight is 556 g/mol. The lowest BCUT2D eigenvalue weighted by atomic mass is 10.1. The van der Waals surface area contributed by atoms with E-state index >= 15 is 0 Å². The van der Waals surface area contributed by atoms with Crippen molar-refractivity contribution in [3.05, 3.63) is 88.4 Å². The molecule has 1 atom stereocenters. The Bertz CT molecular complexity index is 1380. The Morgan fingerprint density at radius 3 is 2.35 bits per heavy atom. The summed E-state index contributed by atoms with van der Waals surface area (Å²) in [5, 5.41) is 0.298. The minimum atomic E-state index is -4.73. The van der Waals surface area contributed by atoms with E-state index in [1.807, 2.05) is 13.8 Å². The van der Waals surface area contributed by atoms with Crippen LogP contribution < -0.4 is 8.92 Å². The van der Waals surface area contributed by atoms with Gasteiger partial charge in [0.05, 0.1) is 23.3 Å². The summed E-state index contributed by atoms with van der Waals surface area (Å²) in [5.41, 5.74) is -0.294. The number of carbonyl (C=O) groups excluding carboxylic acids is 1. The van der Waals surface area contributed by atoms with Crippen molar-refractivity contribution in [3.8, 4) is 11.5 Å². The molecule has 0 spiro atoms. The molecule has 3 rings (SSSR count). The van der Waals surface area contributed by atoms with Gasteiger partial charge in [-0.3, -0.25) is 4.79 Å². The second-order valence-electron chi connectivity index (χ2n) is 8.22. The SMILES string of the molecule is CCC(C)N(Cc1ccc(OC)c(OS(=O)(=O)c2cccc(C(F)(F)F)c2)c1)C(=O)c1ccccc1Cl. The molecule has 0 aliphatic carbocycles. The lowest BCUT2D eigenvalue weighted by Gasteiger charge is -2.29. The number of carbonyl (C=O) groups is 1. The molecule has 3 aromatic rings. The third kappa shape index (κ3) is 6.75.